The van der Waals surface area contributed by atoms with Crippen LogP contribution in [0.25, 0.3) is 0 Å². The minimum atomic E-state index is -0.711. The van der Waals surface area contributed by atoms with Gasteiger partial charge < -0.3 is 14.8 Å². The van der Waals surface area contributed by atoms with Gasteiger partial charge in [-0.3, -0.25) is 9.59 Å². The highest BCUT2D eigenvalue weighted by atomic mass is 16.5. The van der Waals surface area contributed by atoms with Gasteiger partial charge in [0.05, 0.1) is 13.0 Å². The Morgan fingerprint density at radius 1 is 1.04 bits per heavy atom. The predicted molar refractivity (Wildman–Crippen MR) is 94.9 cm³/mol. The lowest BCUT2D eigenvalue weighted by atomic mass is 9.52. The Morgan fingerprint density at radius 3 is 2.12 bits per heavy atom. The van der Waals surface area contributed by atoms with Crippen molar-refractivity contribution in [3.05, 3.63) is 0 Å². The van der Waals surface area contributed by atoms with Gasteiger partial charge in [0.15, 0.2) is 6.61 Å². The van der Waals surface area contributed by atoms with Gasteiger partial charge in [0, 0.05) is 0 Å². The number of esters is 2. The highest BCUT2D eigenvalue weighted by molar-refractivity contribution is 5.86. The van der Waals surface area contributed by atoms with Crippen molar-refractivity contribution in [2.75, 3.05) is 13.7 Å². The Morgan fingerprint density at radius 2 is 1.62 bits per heavy atom. The van der Waals surface area contributed by atoms with Crippen LogP contribution in [0.4, 0.5) is 0 Å². The fraction of sp³-hybridized carbons (Fsp3) is 0.850. The second kappa shape index (κ2) is 7.97. The van der Waals surface area contributed by atoms with E-state index in [-0.39, 0.29) is 24.4 Å². The van der Waals surface area contributed by atoms with Gasteiger partial charge in [0.2, 0.25) is 0 Å². The summed E-state index contributed by atoms with van der Waals surface area (Å²) in [5, 5.41) is 2.65. The number of ether oxygens (including phenoxy) is 2. The van der Waals surface area contributed by atoms with Gasteiger partial charge in [-0.25, -0.2) is 4.79 Å². The molecule has 4 fully saturated rings. The molecule has 1 amide bonds. The molecular weight excluding hydrogens is 334 g/mol. The molecule has 26 heavy (non-hydrogen) atoms. The zero-order valence-corrected chi connectivity index (χ0v) is 16.0. The molecular formula is C20H31NO5. The SMILES string of the molecule is CC[C@H](C)[C@H](NC(=O)COC(=O)C1C2CC3CC(C2)CC1C3)C(=O)OC. The van der Waals surface area contributed by atoms with Gasteiger partial charge in [0.25, 0.3) is 5.91 Å². The van der Waals surface area contributed by atoms with Gasteiger partial charge >= 0.3 is 11.9 Å². The number of hydrogen-bond donors (Lipinski definition) is 1. The minimum absolute atomic E-state index is 0.0402. The third-order valence-electron chi connectivity index (χ3n) is 6.83. The summed E-state index contributed by atoms with van der Waals surface area (Å²) in [6.45, 7) is 3.49. The molecule has 0 saturated heterocycles. The molecule has 0 spiro atoms. The van der Waals surface area contributed by atoms with Crippen molar-refractivity contribution in [1.82, 2.24) is 5.32 Å². The number of amides is 1. The average Bonchev–Trinajstić information content (AvgIpc) is 2.62. The lowest BCUT2D eigenvalue weighted by molar-refractivity contribution is -0.165. The third-order valence-corrected chi connectivity index (χ3v) is 6.83. The van der Waals surface area contributed by atoms with E-state index in [2.05, 4.69) is 5.32 Å². The molecule has 4 bridgehead atoms. The molecule has 4 rings (SSSR count). The summed E-state index contributed by atoms with van der Waals surface area (Å²) in [5.74, 6) is 1.22. The molecule has 0 aromatic carbocycles. The summed E-state index contributed by atoms with van der Waals surface area (Å²) in [6.07, 6.45) is 6.61. The second-order valence-electron chi connectivity index (χ2n) is 8.52. The van der Waals surface area contributed by atoms with Crippen LogP contribution in [0.1, 0.15) is 52.4 Å². The average molecular weight is 365 g/mol. The molecule has 4 aliphatic carbocycles. The summed E-state index contributed by atoms with van der Waals surface area (Å²) in [4.78, 5) is 36.7. The molecule has 0 aromatic heterocycles. The maximum Gasteiger partial charge on any atom is 0.328 e. The standard InChI is InChI=1S/C20H31NO5/c1-4-11(2)18(20(24)25-3)21-16(22)10-26-19(23)17-14-6-12-5-13(8-14)9-15(17)7-12/h11-15,17-18H,4-10H2,1-3H3,(H,21,22)/t11-,12?,13?,14?,15?,17?,18-/m0/s1. The molecule has 4 saturated carbocycles. The monoisotopic (exact) mass is 365 g/mol. The quantitative estimate of drug-likeness (QED) is 0.700. The van der Waals surface area contributed by atoms with Crippen molar-refractivity contribution in [3.8, 4) is 0 Å². The molecule has 0 unspecified atom stereocenters. The third kappa shape index (κ3) is 3.89. The molecule has 0 aliphatic heterocycles. The van der Waals surface area contributed by atoms with E-state index in [1.54, 1.807) is 0 Å². The highest BCUT2D eigenvalue weighted by Crippen LogP contribution is 2.56. The summed E-state index contributed by atoms with van der Waals surface area (Å²) in [5.41, 5.74) is 0. The Kier molecular flexibility index (Phi) is 5.88. The van der Waals surface area contributed by atoms with Crippen LogP contribution in [0.15, 0.2) is 0 Å². The molecule has 0 aromatic rings. The topological polar surface area (TPSA) is 81.7 Å². The maximum absolute atomic E-state index is 12.6. The van der Waals surface area contributed by atoms with Gasteiger partial charge in [-0.15, -0.1) is 0 Å². The smallest absolute Gasteiger partial charge is 0.328 e. The van der Waals surface area contributed by atoms with Crippen molar-refractivity contribution < 1.29 is 23.9 Å². The fourth-order valence-electron chi connectivity index (χ4n) is 5.55. The second-order valence-corrected chi connectivity index (χ2v) is 8.52. The number of hydrogen-bond acceptors (Lipinski definition) is 5. The molecule has 6 nitrogen and oxygen atoms in total. The van der Waals surface area contributed by atoms with E-state index in [0.29, 0.717) is 11.8 Å². The first-order valence-corrected chi connectivity index (χ1v) is 9.96. The normalized spacial score (nSPS) is 34.0. The number of carbonyl (C=O) groups is 3. The van der Waals surface area contributed by atoms with E-state index in [4.69, 9.17) is 9.47 Å². The van der Waals surface area contributed by atoms with Gasteiger partial charge in [0.1, 0.15) is 6.04 Å². The summed E-state index contributed by atoms with van der Waals surface area (Å²) in [7, 11) is 1.30. The van der Waals surface area contributed by atoms with E-state index < -0.39 is 17.9 Å². The Balaban J connectivity index is 1.51. The Hall–Kier alpha value is -1.59. The van der Waals surface area contributed by atoms with Crippen LogP contribution in [0, 0.1) is 35.5 Å². The minimum Gasteiger partial charge on any atom is -0.467 e. The molecule has 0 radical (unpaired) electrons. The molecule has 4 aliphatic rings. The van der Waals surface area contributed by atoms with E-state index in [0.717, 1.165) is 43.9 Å². The zero-order chi connectivity index (χ0) is 18.8. The van der Waals surface area contributed by atoms with Crippen molar-refractivity contribution in [3.63, 3.8) is 0 Å². The summed E-state index contributed by atoms with van der Waals surface area (Å²) >= 11 is 0. The van der Waals surface area contributed by atoms with Crippen LogP contribution in [0.5, 0.6) is 0 Å². The largest absolute Gasteiger partial charge is 0.467 e. The van der Waals surface area contributed by atoms with E-state index in [1.165, 1.54) is 13.5 Å². The van der Waals surface area contributed by atoms with Crippen LogP contribution in [-0.4, -0.2) is 37.6 Å². The van der Waals surface area contributed by atoms with E-state index >= 15 is 0 Å². The fourth-order valence-corrected chi connectivity index (χ4v) is 5.55. The van der Waals surface area contributed by atoms with E-state index in [9.17, 15) is 14.4 Å². The van der Waals surface area contributed by atoms with Crippen molar-refractivity contribution in [1.29, 1.82) is 0 Å². The summed E-state index contributed by atoms with van der Waals surface area (Å²) in [6, 6.07) is -0.711. The van der Waals surface area contributed by atoms with Crippen molar-refractivity contribution in [2.24, 2.45) is 35.5 Å². The van der Waals surface area contributed by atoms with Crippen LogP contribution in [0.2, 0.25) is 0 Å². The Bertz CT molecular complexity index is 532. The first kappa shape index (κ1) is 19.2. The van der Waals surface area contributed by atoms with Gasteiger partial charge in [-0.1, -0.05) is 20.3 Å². The lowest BCUT2D eigenvalue weighted by Gasteiger charge is -2.53. The van der Waals surface area contributed by atoms with E-state index in [1.807, 2.05) is 13.8 Å². The molecule has 146 valence electrons. The van der Waals surface area contributed by atoms with Crippen LogP contribution in [0.3, 0.4) is 0 Å². The number of rotatable bonds is 7. The first-order valence-electron chi connectivity index (χ1n) is 9.96. The first-order chi connectivity index (χ1) is 12.4. The number of nitrogens with one attached hydrogen (secondary N) is 1. The summed E-state index contributed by atoms with van der Waals surface area (Å²) < 4.78 is 10.1. The highest BCUT2D eigenvalue weighted by Gasteiger charge is 2.51. The predicted octanol–water partition coefficient (Wildman–Crippen LogP) is 2.31. The molecule has 1 N–H and O–H groups in total. The molecule has 2 atom stereocenters. The van der Waals surface area contributed by atoms with Gasteiger partial charge in [-0.2, -0.15) is 0 Å². The number of methoxy groups -OCH3 is 1. The molecule has 6 heteroatoms. The lowest BCUT2D eigenvalue weighted by Crippen LogP contribution is -2.50. The maximum atomic E-state index is 12.6. The number of carbonyl (C=O) groups excluding carboxylic acids is 3. The van der Waals surface area contributed by atoms with Crippen molar-refractivity contribution >= 4 is 17.8 Å². The molecule has 0 heterocycles. The van der Waals surface area contributed by atoms with Crippen LogP contribution < -0.4 is 5.32 Å². The van der Waals surface area contributed by atoms with Crippen LogP contribution in [-0.2, 0) is 23.9 Å². The van der Waals surface area contributed by atoms with Crippen LogP contribution >= 0.6 is 0 Å². The zero-order valence-electron chi connectivity index (χ0n) is 16.0. The van der Waals surface area contributed by atoms with Crippen molar-refractivity contribution in [2.45, 2.75) is 58.4 Å². The van der Waals surface area contributed by atoms with Gasteiger partial charge in [-0.05, 0) is 61.7 Å². The Labute approximate surface area is 155 Å².